The number of nitrogens with zero attached hydrogens (tertiary/aromatic N) is 1. The van der Waals surface area contributed by atoms with E-state index in [4.69, 9.17) is 9.15 Å². The summed E-state index contributed by atoms with van der Waals surface area (Å²) in [6, 6.07) is 11.2. The number of benzene rings is 1. The maximum absolute atomic E-state index is 11.8. The van der Waals surface area contributed by atoms with Crippen LogP contribution in [-0.4, -0.2) is 11.9 Å². The van der Waals surface area contributed by atoms with E-state index in [2.05, 4.69) is 50.2 Å². The van der Waals surface area contributed by atoms with Gasteiger partial charge in [0, 0.05) is 15.2 Å². The quantitative estimate of drug-likeness (QED) is 0.365. The number of hydrogen-bond donors (Lipinski definition) is 0. The van der Waals surface area contributed by atoms with Crippen LogP contribution in [0.4, 0.5) is 0 Å². The molecule has 0 atom stereocenters. The second-order valence-corrected chi connectivity index (χ2v) is 6.29. The zero-order chi connectivity index (χ0) is 14.1. The van der Waals surface area contributed by atoms with Gasteiger partial charge in [-0.3, -0.25) is 0 Å². The summed E-state index contributed by atoms with van der Waals surface area (Å²) in [5.74, 6) is 0.429. The van der Waals surface area contributed by atoms with E-state index < -0.39 is 5.97 Å². The maximum atomic E-state index is 11.8. The molecule has 2 heterocycles. The van der Waals surface area contributed by atoms with Gasteiger partial charge in [0.25, 0.3) is 0 Å². The maximum Gasteiger partial charge on any atom is 0.363 e. The Bertz CT molecular complexity index is 729. The van der Waals surface area contributed by atoms with Crippen LogP contribution < -0.4 is 0 Å². The van der Waals surface area contributed by atoms with Crippen molar-refractivity contribution in [2.45, 2.75) is 0 Å². The number of furan rings is 1. The van der Waals surface area contributed by atoms with Gasteiger partial charge < -0.3 is 9.15 Å². The van der Waals surface area contributed by atoms with E-state index in [1.807, 2.05) is 30.3 Å². The molecule has 0 saturated heterocycles. The van der Waals surface area contributed by atoms with Crippen molar-refractivity contribution < 1.29 is 13.9 Å². The first-order valence-corrected chi connectivity index (χ1v) is 7.81. The molecule has 2 aromatic rings. The van der Waals surface area contributed by atoms with E-state index >= 15 is 0 Å². The van der Waals surface area contributed by atoms with Crippen LogP contribution in [0.2, 0.25) is 0 Å². The van der Waals surface area contributed by atoms with E-state index in [-0.39, 0.29) is 5.70 Å². The first-order valence-electron chi connectivity index (χ1n) is 5.66. The highest BCUT2D eigenvalue weighted by Crippen LogP contribution is 2.21. The van der Waals surface area contributed by atoms with Crippen molar-refractivity contribution in [2.24, 2.45) is 4.99 Å². The molecule has 0 N–H and O–H groups in total. The van der Waals surface area contributed by atoms with Crippen molar-refractivity contribution in [3.63, 3.8) is 0 Å². The Hall–Kier alpha value is -1.16. The third-order valence-corrected chi connectivity index (χ3v) is 3.88. The molecule has 6 heteroatoms. The van der Waals surface area contributed by atoms with Gasteiger partial charge in [0.05, 0.1) is 0 Å². The molecular formula is C14H7I2NO3. The largest absolute Gasteiger partial charge is 0.451 e. The lowest BCUT2D eigenvalue weighted by molar-refractivity contribution is -0.129. The van der Waals surface area contributed by atoms with E-state index in [0.29, 0.717) is 11.7 Å². The summed E-state index contributed by atoms with van der Waals surface area (Å²) in [7, 11) is 0. The minimum absolute atomic E-state index is 0.240. The lowest BCUT2D eigenvalue weighted by Gasteiger charge is -1.98. The van der Waals surface area contributed by atoms with Crippen LogP contribution in [0.15, 0.2) is 51.5 Å². The predicted molar refractivity (Wildman–Crippen MR) is 91.2 cm³/mol. The molecule has 0 fully saturated rings. The molecule has 0 amide bonds. The van der Waals surface area contributed by atoms with Crippen molar-refractivity contribution >= 4 is 63.1 Å². The Morgan fingerprint density at radius 2 is 1.80 bits per heavy atom. The van der Waals surface area contributed by atoms with Gasteiger partial charge in [-0.25, -0.2) is 9.79 Å². The zero-order valence-corrected chi connectivity index (χ0v) is 14.3. The fourth-order valence-electron chi connectivity index (χ4n) is 1.67. The van der Waals surface area contributed by atoms with Crippen molar-refractivity contribution in [3.8, 4) is 0 Å². The van der Waals surface area contributed by atoms with Gasteiger partial charge in [0.1, 0.15) is 5.76 Å². The van der Waals surface area contributed by atoms with Crippen LogP contribution >= 0.6 is 45.2 Å². The van der Waals surface area contributed by atoms with Crippen molar-refractivity contribution in [1.29, 1.82) is 0 Å². The fraction of sp³-hybridized carbons (Fsp3) is 0. The molecule has 3 rings (SSSR count). The van der Waals surface area contributed by atoms with Gasteiger partial charge in [0.2, 0.25) is 5.90 Å². The van der Waals surface area contributed by atoms with Crippen molar-refractivity contribution in [1.82, 2.24) is 0 Å². The molecule has 0 saturated carbocycles. The molecule has 20 heavy (non-hydrogen) atoms. The van der Waals surface area contributed by atoms with E-state index in [1.54, 1.807) is 12.1 Å². The van der Waals surface area contributed by atoms with E-state index in [0.717, 1.165) is 12.9 Å². The summed E-state index contributed by atoms with van der Waals surface area (Å²) in [5, 5.41) is 0. The van der Waals surface area contributed by atoms with E-state index in [1.165, 1.54) is 0 Å². The number of hydrogen-bond acceptors (Lipinski definition) is 4. The molecule has 0 spiro atoms. The molecule has 0 bridgehead atoms. The van der Waals surface area contributed by atoms with Crippen LogP contribution in [0.1, 0.15) is 11.3 Å². The lowest BCUT2D eigenvalue weighted by atomic mass is 10.2. The Kier molecular flexibility index (Phi) is 3.92. The molecule has 1 aliphatic heterocycles. The van der Waals surface area contributed by atoms with Crippen LogP contribution in [0.3, 0.4) is 0 Å². The average Bonchev–Trinajstić information content (AvgIpc) is 2.98. The standard InChI is InChI=1S/C14H7I2NO3/c15-9-3-1-8(2-4-9)13-17-11(14(18)20-13)7-10-5-6-12(16)19-10/h1-7H/b11-7+. The Morgan fingerprint density at radius 1 is 1.05 bits per heavy atom. The van der Waals surface area contributed by atoms with Gasteiger partial charge in [-0.15, -0.1) is 0 Å². The first-order chi connectivity index (χ1) is 9.61. The minimum atomic E-state index is -0.468. The van der Waals surface area contributed by atoms with Crippen LogP contribution in [0.25, 0.3) is 6.08 Å². The Morgan fingerprint density at radius 3 is 2.45 bits per heavy atom. The van der Waals surface area contributed by atoms with Gasteiger partial charge in [0.15, 0.2) is 9.46 Å². The number of rotatable bonds is 2. The molecule has 1 aromatic carbocycles. The summed E-state index contributed by atoms with van der Waals surface area (Å²) >= 11 is 4.27. The summed E-state index contributed by atoms with van der Waals surface area (Å²) in [5.41, 5.74) is 1.01. The second-order valence-electron chi connectivity index (χ2n) is 3.98. The van der Waals surface area contributed by atoms with Gasteiger partial charge in [-0.2, -0.15) is 0 Å². The third-order valence-electron chi connectivity index (χ3n) is 2.58. The van der Waals surface area contributed by atoms with Crippen molar-refractivity contribution in [2.75, 3.05) is 0 Å². The number of aliphatic imine (C=N–C) groups is 1. The molecule has 0 aliphatic carbocycles. The molecule has 100 valence electrons. The molecule has 1 aliphatic rings. The predicted octanol–water partition coefficient (Wildman–Crippen LogP) is 3.83. The number of carbonyl (C=O) groups excluding carboxylic acids is 1. The van der Waals surface area contributed by atoms with Crippen LogP contribution in [-0.2, 0) is 9.53 Å². The first kappa shape index (κ1) is 13.8. The van der Waals surface area contributed by atoms with Crippen LogP contribution in [0.5, 0.6) is 0 Å². The monoisotopic (exact) mass is 491 g/mol. The zero-order valence-electron chi connectivity index (χ0n) is 9.97. The molecular weight excluding hydrogens is 484 g/mol. The van der Waals surface area contributed by atoms with Crippen molar-refractivity contribution in [3.05, 3.63) is 60.8 Å². The normalized spacial score (nSPS) is 16.4. The summed E-state index contributed by atoms with van der Waals surface area (Å²) in [6.45, 7) is 0. The minimum Gasteiger partial charge on any atom is -0.451 e. The summed E-state index contributed by atoms with van der Waals surface area (Å²) in [6.07, 6.45) is 1.57. The summed E-state index contributed by atoms with van der Waals surface area (Å²) in [4.78, 5) is 16.0. The van der Waals surface area contributed by atoms with Gasteiger partial charge in [-0.1, -0.05) is 0 Å². The number of cyclic esters (lactones) is 1. The average molecular weight is 491 g/mol. The Labute approximate surface area is 142 Å². The van der Waals surface area contributed by atoms with Gasteiger partial charge >= 0.3 is 5.97 Å². The van der Waals surface area contributed by atoms with Crippen LogP contribution in [0, 0.1) is 7.34 Å². The topological polar surface area (TPSA) is 51.8 Å². The van der Waals surface area contributed by atoms with E-state index in [9.17, 15) is 4.79 Å². The lowest BCUT2D eigenvalue weighted by Crippen LogP contribution is -2.05. The van der Waals surface area contributed by atoms with Gasteiger partial charge in [-0.05, 0) is 81.6 Å². The SMILES string of the molecule is O=C1OC(c2ccc(I)cc2)=N/C1=C/c1ccc(I)o1. The Balaban J connectivity index is 1.92. The molecule has 4 nitrogen and oxygen atoms in total. The highest BCUT2D eigenvalue weighted by atomic mass is 127. The number of carbonyl (C=O) groups is 1. The summed E-state index contributed by atoms with van der Waals surface area (Å²) < 4.78 is 12.4. The smallest absolute Gasteiger partial charge is 0.363 e. The third kappa shape index (κ3) is 2.95. The highest BCUT2D eigenvalue weighted by Gasteiger charge is 2.24. The highest BCUT2D eigenvalue weighted by molar-refractivity contribution is 14.1. The second kappa shape index (κ2) is 5.68. The molecule has 0 unspecified atom stereocenters. The number of ether oxygens (including phenoxy) is 1. The fourth-order valence-corrected chi connectivity index (χ4v) is 2.46. The molecule has 0 radical (unpaired) electrons. The molecule has 1 aromatic heterocycles. The number of halogens is 2. The number of esters is 1.